The minimum Gasteiger partial charge on any atom is -0.336 e. The molecular formula is C20H24N6OS2. The summed E-state index contributed by atoms with van der Waals surface area (Å²) >= 11 is 3.34. The van der Waals surface area contributed by atoms with Crippen molar-refractivity contribution in [3.8, 4) is 0 Å². The van der Waals surface area contributed by atoms with E-state index >= 15 is 0 Å². The minimum absolute atomic E-state index is 0.107. The number of carbonyl (C=O) groups excluding carboxylic acids is 1. The number of thioether (sulfide) groups is 1. The van der Waals surface area contributed by atoms with Gasteiger partial charge in [0.15, 0.2) is 5.82 Å². The Hall–Kier alpha value is -2.23. The second-order valence-electron chi connectivity index (χ2n) is 7.05. The lowest BCUT2D eigenvalue weighted by Gasteiger charge is -2.34. The van der Waals surface area contributed by atoms with Crippen molar-refractivity contribution < 1.29 is 4.79 Å². The van der Waals surface area contributed by atoms with Crippen LogP contribution in [0.1, 0.15) is 32.7 Å². The molecule has 0 unspecified atom stereocenters. The van der Waals surface area contributed by atoms with Crippen LogP contribution in [0, 0.1) is 13.8 Å². The van der Waals surface area contributed by atoms with Gasteiger partial charge in [0.2, 0.25) is 0 Å². The zero-order valence-corrected chi connectivity index (χ0v) is 18.2. The summed E-state index contributed by atoms with van der Waals surface area (Å²) in [5.74, 6) is 2.52. The topological polar surface area (TPSA) is 78.0 Å². The van der Waals surface area contributed by atoms with Gasteiger partial charge in [-0.3, -0.25) is 14.8 Å². The normalized spacial score (nSPS) is 15.0. The standard InChI is InChI=1S/C20H24N6OS2/c1-14-21-19(24-23-14)11-25-7-9-26(10-8-25)20(27)17-5-3-4-6-18(17)29-13-16-12-28-15(2)22-16/h3-6,12H,7-11,13H2,1-2H3,(H,21,23,24). The Bertz CT molecular complexity index is 977. The van der Waals surface area contributed by atoms with Crippen LogP contribution >= 0.6 is 23.1 Å². The molecule has 9 heteroatoms. The van der Waals surface area contributed by atoms with Crippen LogP contribution in [0.5, 0.6) is 0 Å². The summed E-state index contributed by atoms with van der Waals surface area (Å²) < 4.78 is 0. The number of nitrogens with one attached hydrogen (secondary N) is 1. The summed E-state index contributed by atoms with van der Waals surface area (Å²) in [5, 5.41) is 10.2. The minimum atomic E-state index is 0.107. The van der Waals surface area contributed by atoms with E-state index in [0.29, 0.717) is 19.6 Å². The van der Waals surface area contributed by atoms with Crippen LogP contribution in [0.2, 0.25) is 0 Å². The number of hydrogen-bond acceptors (Lipinski definition) is 7. The molecule has 152 valence electrons. The Morgan fingerprint density at radius 2 is 1.97 bits per heavy atom. The molecule has 0 atom stereocenters. The summed E-state index contributed by atoms with van der Waals surface area (Å²) in [6, 6.07) is 7.88. The fraction of sp³-hybridized carbons (Fsp3) is 0.400. The van der Waals surface area contributed by atoms with Crippen molar-refractivity contribution in [3.63, 3.8) is 0 Å². The third kappa shape index (κ3) is 5.04. The van der Waals surface area contributed by atoms with E-state index in [1.54, 1.807) is 23.1 Å². The second kappa shape index (κ2) is 9.06. The van der Waals surface area contributed by atoms with E-state index in [1.165, 1.54) is 0 Å². The highest BCUT2D eigenvalue weighted by atomic mass is 32.2. The third-order valence-corrected chi connectivity index (χ3v) is 6.76. The molecular weight excluding hydrogens is 404 g/mol. The number of aromatic nitrogens is 4. The average molecular weight is 429 g/mol. The maximum absolute atomic E-state index is 13.2. The van der Waals surface area contributed by atoms with E-state index in [4.69, 9.17) is 0 Å². The number of benzene rings is 1. The first-order chi connectivity index (χ1) is 14.1. The number of piperazine rings is 1. The molecule has 0 bridgehead atoms. The SMILES string of the molecule is Cc1nc(CN2CCN(C(=O)c3ccccc3SCc3csc(C)n3)CC2)n[nH]1. The average Bonchev–Trinajstić information content (AvgIpc) is 3.34. The van der Waals surface area contributed by atoms with Gasteiger partial charge in [-0.05, 0) is 26.0 Å². The van der Waals surface area contributed by atoms with Crippen molar-refractivity contribution in [2.24, 2.45) is 0 Å². The highest BCUT2D eigenvalue weighted by Gasteiger charge is 2.24. The smallest absolute Gasteiger partial charge is 0.255 e. The highest BCUT2D eigenvalue weighted by Crippen LogP contribution is 2.28. The quantitative estimate of drug-likeness (QED) is 0.608. The first-order valence-electron chi connectivity index (χ1n) is 9.61. The van der Waals surface area contributed by atoms with Crippen LogP contribution in [0.15, 0.2) is 34.5 Å². The fourth-order valence-electron chi connectivity index (χ4n) is 3.33. The van der Waals surface area contributed by atoms with E-state index in [2.05, 4.69) is 30.4 Å². The van der Waals surface area contributed by atoms with Gasteiger partial charge in [0.1, 0.15) is 5.82 Å². The van der Waals surface area contributed by atoms with Crippen molar-refractivity contribution in [1.29, 1.82) is 0 Å². The van der Waals surface area contributed by atoms with Crippen molar-refractivity contribution in [2.45, 2.75) is 31.0 Å². The molecule has 4 rings (SSSR count). The number of aryl methyl sites for hydroxylation is 2. The number of aromatic amines is 1. The fourth-order valence-corrected chi connectivity index (χ4v) is 4.99. The summed E-state index contributed by atoms with van der Waals surface area (Å²) in [5.41, 5.74) is 1.85. The summed E-state index contributed by atoms with van der Waals surface area (Å²) in [7, 11) is 0. The molecule has 1 N–H and O–H groups in total. The molecule has 3 aromatic rings. The van der Waals surface area contributed by atoms with Gasteiger partial charge in [-0.15, -0.1) is 23.1 Å². The van der Waals surface area contributed by atoms with E-state index in [-0.39, 0.29) is 5.91 Å². The van der Waals surface area contributed by atoms with Gasteiger partial charge in [0, 0.05) is 42.2 Å². The zero-order valence-electron chi connectivity index (χ0n) is 16.6. The number of thiazole rings is 1. The van der Waals surface area contributed by atoms with Crippen molar-refractivity contribution in [1.82, 2.24) is 30.0 Å². The molecule has 1 fully saturated rings. The number of nitrogens with zero attached hydrogens (tertiary/aromatic N) is 5. The molecule has 2 aromatic heterocycles. The van der Waals surface area contributed by atoms with Crippen LogP contribution in [0.25, 0.3) is 0 Å². The molecule has 1 aromatic carbocycles. The first kappa shape index (κ1) is 20.1. The monoisotopic (exact) mass is 428 g/mol. The Morgan fingerprint density at radius 3 is 2.66 bits per heavy atom. The van der Waals surface area contributed by atoms with Crippen LogP contribution in [0.3, 0.4) is 0 Å². The van der Waals surface area contributed by atoms with Crippen molar-refractivity contribution in [3.05, 3.63) is 57.6 Å². The predicted molar refractivity (Wildman–Crippen MR) is 115 cm³/mol. The molecule has 1 saturated heterocycles. The number of carbonyl (C=O) groups is 1. The molecule has 0 aliphatic carbocycles. The Kier molecular flexibility index (Phi) is 6.27. The second-order valence-corrected chi connectivity index (χ2v) is 9.13. The molecule has 0 radical (unpaired) electrons. The van der Waals surface area contributed by atoms with Crippen LogP contribution in [-0.2, 0) is 12.3 Å². The first-order valence-corrected chi connectivity index (χ1v) is 11.5. The van der Waals surface area contributed by atoms with Gasteiger partial charge in [0.05, 0.1) is 22.8 Å². The van der Waals surface area contributed by atoms with Crippen molar-refractivity contribution >= 4 is 29.0 Å². The van der Waals surface area contributed by atoms with Gasteiger partial charge in [-0.2, -0.15) is 5.10 Å². The van der Waals surface area contributed by atoms with Crippen LogP contribution in [0.4, 0.5) is 0 Å². The molecule has 1 aliphatic heterocycles. The van der Waals surface area contributed by atoms with Crippen LogP contribution in [-0.4, -0.2) is 62.1 Å². The summed E-state index contributed by atoms with van der Waals surface area (Å²) in [6.07, 6.45) is 0. The largest absolute Gasteiger partial charge is 0.336 e. The maximum Gasteiger partial charge on any atom is 0.255 e. The molecule has 0 saturated carbocycles. The van der Waals surface area contributed by atoms with Crippen molar-refractivity contribution in [2.75, 3.05) is 26.2 Å². The number of H-pyrrole nitrogens is 1. The molecule has 0 spiro atoms. The van der Waals surface area contributed by atoms with Gasteiger partial charge >= 0.3 is 0 Å². The predicted octanol–water partition coefficient (Wildman–Crippen LogP) is 3.13. The highest BCUT2D eigenvalue weighted by molar-refractivity contribution is 7.98. The lowest BCUT2D eigenvalue weighted by atomic mass is 10.2. The number of hydrogen-bond donors (Lipinski definition) is 1. The summed E-state index contributed by atoms with van der Waals surface area (Å²) in [4.78, 5) is 27.3. The maximum atomic E-state index is 13.2. The number of rotatable bonds is 6. The molecule has 1 amide bonds. The lowest BCUT2D eigenvalue weighted by Crippen LogP contribution is -2.48. The van der Waals surface area contributed by atoms with Crippen LogP contribution < -0.4 is 0 Å². The van der Waals surface area contributed by atoms with E-state index in [1.807, 2.05) is 43.0 Å². The Labute approximate surface area is 178 Å². The zero-order chi connectivity index (χ0) is 20.2. The molecule has 7 nitrogen and oxygen atoms in total. The van der Waals surface area contributed by atoms with Gasteiger partial charge in [-0.1, -0.05) is 12.1 Å². The van der Waals surface area contributed by atoms with Gasteiger partial charge in [-0.25, -0.2) is 9.97 Å². The Balaban J connectivity index is 1.36. The lowest BCUT2D eigenvalue weighted by molar-refractivity contribution is 0.0622. The van der Waals surface area contributed by atoms with Gasteiger partial charge in [0.25, 0.3) is 5.91 Å². The van der Waals surface area contributed by atoms with E-state index in [9.17, 15) is 4.79 Å². The Morgan fingerprint density at radius 1 is 1.17 bits per heavy atom. The van der Waals surface area contributed by atoms with E-state index < -0.39 is 0 Å². The molecule has 29 heavy (non-hydrogen) atoms. The van der Waals surface area contributed by atoms with E-state index in [0.717, 1.165) is 51.7 Å². The molecule has 3 heterocycles. The summed E-state index contributed by atoms with van der Waals surface area (Å²) in [6.45, 7) is 7.71. The third-order valence-electron chi connectivity index (χ3n) is 4.83. The number of amides is 1. The van der Waals surface area contributed by atoms with Gasteiger partial charge < -0.3 is 4.90 Å². The molecule has 1 aliphatic rings.